The summed E-state index contributed by atoms with van der Waals surface area (Å²) < 4.78 is 24.3. The molecule has 1 aliphatic heterocycles. The number of hydrogen-bond donors (Lipinski definition) is 1. The SMILES string of the molecule is Cc1ccc2nc(N3CCC(C(=O)Nc4ccc(S(C)(=O)=O)cc4)CC3)sc2c1. The Morgan fingerprint density at radius 2 is 1.83 bits per heavy atom. The molecule has 0 bridgehead atoms. The van der Waals surface area contributed by atoms with Crippen molar-refractivity contribution in [2.24, 2.45) is 5.92 Å². The largest absolute Gasteiger partial charge is 0.348 e. The number of nitrogens with one attached hydrogen (secondary N) is 1. The van der Waals surface area contributed by atoms with Gasteiger partial charge in [-0.15, -0.1) is 0 Å². The number of amides is 1. The summed E-state index contributed by atoms with van der Waals surface area (Å²) in [6, 6.07) is 12.6. The molecule has 0 unspecified atom stereocenters. The summed E-state index contributed by atoms with van der Waals surface area (Å²) in [5, 5.41) is 3.92. The number of thiazole rings is 1. The Morgan fingerprint density at radius 1 is 1.14 bits per heavy atom. The molecule has 4 rings (SSSR count). The molecule has 1 saturated heterocycles. The second-order valence-corrected chi connectivity index (χ2v) is 10.5. The lowest BCUT2D eigenvalue weighted by atomic mass is 9.96. The molecule has 0 spiro atoms. The summed E-state index contributed by atoms with van der Waals surface area (Å²) in [6.45, 7) is 3.67. The Labute approximate surface area is 174 Å². The number of hydrogen-bond acceptors (Lipinski definition) is 6. The third-order valence-electron chi connectivity index (χ3n) is 5.22. The zero-order valence-corrected chi connectivity index (χ0v) is 18.0. The molecule has 0 aliphatic carbocycles. The highest BCUT2D eigenvalue weighted by molar-refractivity contribution is 7.90. The zero-order chi connectivity index (χ0) is 20.6. The maximum absolute atomic E-state index is 12.6. The second kappa shape index (κ2) is 7.76. The van der Waals surface area contributed by atoms with Gasteiger partial charge in [0.25, 0.3) is 0 Å². The number of aryl methyl sites for hydroxylation is 1. The number of anilines is 2. The normalized spacial score (nSPS) is 15.6. The average molecular weight is 430 g/mol. The van der Waals surface area contributed by atoms with Gasteiger partial charge in [0.2, 0.25) is 5.91 Å². The third kappa shape index (κ3) is 4.43. The zero-order valence-electron chi connectivity index (χ0n) is 16.4. The topological polar surface area (TPSA) is 79.4 Å². The van der Waals surface area contributed by atoms with Crippen LogP contribution >= 0.6 is 11.3 Å². The van der Waals surface area contributed by atoms with Crippen LogP contribution in [0, 0.1) is 12.8 Å². The molecule has 1 aliphatic rings. The Kier molecular flexibility index (Phi) is 5.31. The molecule has 152 valence electrons. The van der Waals surface area contributed by atoms with E-state index in [2.05, 4.69) is 35.3 Å². The first-order valence-corrected chi connectivity index (χ1v) is 12.2. The minimum Gasteiger partial charge on any atom is -0.348 e. The van der Waals surface area contributed by atoms with Crippen LogP contribution in [0.15, 0.2) is 47.4 Å². The first kappa shape index (κ1) is 19.8. The molecule has 0 radical (unpaired) electrons. The van der Waals surface area contributed by atoms with E-state index in [0.717, 1.165) is 36.6 Å². The van der Waals surface area contributed by atoms with E-state index in [0.29, 0.717) is 5.69 Å². The molecule has 2 heterocycles. The molecule has 0 atom stereocenters. The van der Waals surface area contributed by atoms with Crippen molar-refractivity contribution >= 4 is 48.1 Å². The Bertz CT molecular complexity index is 1150. The summed E-state index contributed by atoms with van der Waals surface area (Å²) in [4.78, 5) is 19.8. The van der Waals surface area contributed by atoms with Gasteiger partial charge in [-0.05, 0) is 61.7 Å². The van der Waals surface area contributed by atoms with E-state index in [-0.39, 0.29) is 16.7 Å². The summed E-state index contributed by atoms with van der Waals surface area (Å²) in [6.07, 6.45) is 2.70. The number of sulfone groups is 1. The van der Waals surface area contributed by atoms with E-state index in [9.17, 15) is 13.2 Å². The number of carbonyl (C=O) groups excluding carboxylic acids is 1. The number of fused-ring (bicyclic) bond motifs is 1. The standard InChI is InChI=1S/C21H23N3O3S2/c1-14-3-8-18-19(13-14)28-21(23-18)24-11-9-15(10-12-24)20(25)22-16-4-6-17(7-5-16)29(2,26)27/h3-8,13,15H,9-12H2,1-2H3,(H,22,25). The van der Waals surface area contributed by atoms with Crippen LogP contribution in [0.1, 0.15) is 18.4 Å². The number of carbonyl (C=O) groups is 1. The van der Waals surface area contributed by atoms with Crippen molar-refractivity contribution < 1.29 is 13.2 Å². The number of aromatic nitrogens is 1. The van der Waals surface area contributed by atoms with Crippen molar-refractivity contribution in [3.63, 3.8) is 0 Å². The van der Waals surface area contributed by atoms with Crippen molar-refractivity contribution in [1.82, 2.24) is 4.98 Å². The molecule has 1 aromatic heterocycles. The highest BCUT2D eigenvalue weighted by atomic mass is 32.2. The monoisotopic (exact) mass is 429 g/mol. The van der Waals surface area contributed by atoms with E-state index >= 15 is 0 Å². The number of rotatable bonds is 4. The van der Waals surface area contributed by atoms with Crippen LogP contribution in [-0.4, -0.2) is 38.7 Å². The molecule has 3 aromatic rings. The summed E-state index contributed by atoms with van der Waals surface area (Å²) in [7, 11) is -3.24. The van der Waals surface area contributed by atoms with Gasteiger partial charge in [-0.3, -0.25) is 4.79 Å². The number of piperidine rings is 1. The third-order valence-corrected chi connectivity index (χ3v) is 7.43. The summed E-state index contributed by atoms with van der Waals surface area (Å²) in [5.74, 6) is -0.0749. The van der Waals surface area contributed by atoms with Crippen molar-refractivity contribution in [2.45, 2.75) is 24.7 Å². The lowest BCUT2D eigenvalue weighted by Crippen LogP contribution is -2.38. The van der Waals surface area contributed by atoms with Crippen LogP contribution in [-0.2, 0) is 14.6 Å². The lowest BCUT2D eigenvalue weighted by molar-refractivity contribution is -0.120. The molecule has 6 nitrogen and oxygen atoms in total. The van der Waals surface area contributed by atoms with Crippen LogP contribution < -0.4 is 10.2 Å². The van der Waals surface area contributed by atoms with Gasteiger partial charge >= 0.3 is 0 Å². The Balaban J connectivity index is 1.36. The van der Waals surface area contributed by atoms with Gasteiger partial charge in [0.1, 0.15) is 0 Å². The summed E-state index contributed by atoms with van der Waals surface area (Å²) in [5.41, 5.74) is 2.87. The number of benzene rings is 2. The molecular weight excluding hydrogens is 406 g/mol. The van der Waals surface area contributed by atoms with E-state index in [1.807, 2.05) is 0 Å². The molecule has 1 N–H and O–H groups in total. The maximum Gasteiger partial charge on any atom is 0.227 e. The van der Waals surface area contributed by atoms with E-state index in [1.54, 1.807) is 23.5 Å². The summed E-state index contributed by atoms with van der Waals surface area (Å²) >= 11 is 1.70. The van der Waals surface area contributed by atoms with Gasteiger partial charge in [-0.2, -0.15) is 0 Å². The Hall–Kier alpha value is -2.45. The molecule has 1 amide bonds. The molecular formula is C21H23N3O3S2. The second-order valence-electron chi connectivity index (χ2n) is 7.51. The van der Waals surface area contributed by atoms with Gasteiger partial charge in [0.15, 0.2) is 15.0 Å². The van der Waals surface area contributed by atoms with E-state index in [4.69, 9.17) is 4.98 Å². The lowest BCUT2D eigenvalue weighted by Gasteiger charge is -2.31. The van der Waals surface area contributed by atoms with Gasteiger partial charge in [0.05, 0.1) is 15.1 Å². The van der Waals surface area contributed by atoms with Crippen molar-refractivity contribution in [3.05, 3.63) is 48.0 Å². The quantitative estimate of drug-likeness (QED) is 0.681. The van der Waals surface area contributed by atoms with Crippen LogP contribution in [0.2, 0.25) is 0 Å². The highest BCUT2D eigenvalue weighted by Gasteiger charge is 2.26. The van der Waals surface area contributed by atoms with Gasteiger partial charge in [-0.1, -0.05) is 17.4 Å². The highest BCUT2D eigenvalue weighted by Crippen LogP contribution is 2.32. The van der Waals surface area contributed by atoms with Crippen LogP contribution in [0.25, 0.3) is 10.2 Å². The fourth-order valence-corrected chi connectivity index (χ4v) is 5.26. The maximum atomic E-state index is 12.6. The smallest absolute Gasteiger partial charge is 0.227 e. The average Bonchev–Trinajstić information content (AvgIpc) is 3.11. The van der Waals surface area contributed by atoms with E-state index < -0.39 is 9.84 Å². The predicted molar refractivity (Wildman–Crippen MR) is 117 cm³/mol. The van der Waals surface area contributed by atoms with Gasteiger partial charge in [-0.25, -0.2) is 13.4 Å². The molecule has 29 heavy (non-hydrogen) atoms. The fraction of sp³-hybridized carbons (Fsp3) is 0.333. The molecule has 1 fully saturated rings. The van der Waals surface area contributed by atoms with Crippen LogP contribution in [0.4, 0.5) is 10.8 Å². The molecule has 0 saturated carbocycles. The Morgan fingerprint density at radius 3 is 2.48 bits per heavy atom. The predicted octanol–water partition coefficient (Wildman–Crippen LogP) is 3.86. The fourth-order valence-electron chi connectivity index (χ4n) is 3.52. The molecule has 2 aromatic carbocycles. The van der Waals surface area contributed by atoms with Crippen LogP contribution in [0.5, 0.6) is 0 Å². The van der Waals surface area contributed by atoms with Gasteiger partial charge < -0.3 is 10.2 Å². The van der Waals surface area contributed by atoms with Crippen molar-refractivity contribution in [2.75, 3.05) is 29.6 Å². The minimum absolute atomic E-state index is 0.0170. The first-order valence-electron chi connectivity index (χ1n) is 9.53. The molecule has 8 heteroatoms. The van der Waals surface area contributed by atoms with Crippen molar-refractivity contribution in [3.8, 4) is 0 Å². The van der Waals surface area contributed by atoms with Crippen LogP contribution in [0.3, 0.4) is 0 Å². The van der Waals surface area contributed by atoms with Gasteiger partial charge in [0, 0.05) is 31.0 Å². The minimum atomic E-state index is -3.24. The van der Waals surface area contributed by atoms with Crippen molar-refractivity contribution in [1.29, 1.82) is 0 Å². The van der Waals surface area contributed by atoms with E-state index in [1.165, 1.54) is 28.7 Å². The first-order chi connectivity index (χ1) is 13.8. The number of nitrogens with zero attached hydrogens (tertiary/aromatic N) is 2.